The van der Waals surface area contributed by atoms with Crippen LogP contribution < -0.4 is 0 Å². The third kappa shape index (κ3) is 2.37. The number of likely N-dealkylation sites (tertiary alicyclic amines) is 1. The summed E-state index contributed by atoms with van der Waals surface area (Å²) in [6.07, 6.45) is 2.03. The predicted molar refractivity (Wildman–Crippen MR) is 61.9 cm³/mol. The highest BCUT2D eigenvalue weighted by Gasteiger charge is 2.25. The second-order valence-corrected chi connectivity index (χ2v) is 4.56. The molecular weight excluding hydrogens is 229 g/mol. The lowest BCUT2D eigenvalue weighted by Gasteiger charge is -2.23. The molecule has 2 nitrogen and oxygen atoms in total. The molecule has 0 saturated carbocycles. The van der Waals surface area contributed by atoms with Crippen molar-refractivity contribution in [2.75, 3.05) is 13.2 Å². The summed E-state index contributed by atoms with van der Waals surface area (Å²) in [6.45, 7) is 1.51. The van der Waals surface area contributed by atoms with Crippen LogP contribution in [0.3, 0.4) is 0 Å². The second-order valence-electron chi connectivity index (χ2n) is 4.15. The summed E-state index contributed by atoms with van der Waals surface area (Å²) in [5, 5.41) is 9.65. The molecule has 0 aromatic heterocycles. The zero-order valence-electron chi connectivity index (χ0n) is 9.00. The molecule has 1 unspecified atom stereocenters. The minimum absolute atomic E-state index is 0.131. The number of hydrogen-bond acceptors (Lipinski definition) is 2. The molecule has 0 amide bonds. The zero-order chi connectivity index (χ0) is 11.5. The normalized spacial score (nSPS) is 21.6. The van der Waals surface area contributed by atoms with E-state index in [9.17, 15) is 9.50 Å². The molecule has 1 N–H and O–H groups in total. The van der Waals surface area contributed by atoms with Crippen molar-refractivity contribution in [1.82, 2.24) is 4.90 Å². The van der Waals surface area contributed by atoms with Crippen molar-refractivity contribution < 1.29 is 9.50 Å². The Hall–Kier alpha value is -0.640. The molecule has 1 atom stereocenters. The molecule has 0 spiro atoms. The summed E-state index contributed by atoms with van der Waals surface area (Å²) in [4.78, 5) is 2.09. The topological polar surface area (TPSA) is 23.5 Å². The minimum Gasteiger partial charge on any atom is -0.395 e. The number of aliphatic hydroxyl groups is 1. The average molecular weight is 244 g/mol. The largest absolute Gasteiger partial charge is 0.395 e. The van der Waals surface area contributed by atoms with Crippen LogP contribution in [0.15, 0.2) is 18.2 Å². The Bertz CT molecular complexity index is 352. The van der Waals surface area contributed by atoms with Crippen molar-refractivity contribution in [3.8, 4) is 0 Å². The van der Waals surface area contributed by atoms with Crippen molar-refractivity contribution >= 4 is 11.6 Å². The van der Waals surface area contributed by atoms with Crippen LogP contribution in [0.4, 0.5) is 4.39 Å². The van der Waals surface area contributed by atoms with Crippen LogP contribution in [0.5, 0.6) is 0 Å². The SMILES string of the molecule is OCC1CCCN1Cc1c(F)cccc1Cl. The van der Waals surface area contributed by atoms with Gasteiger partial charge in [0.1, 0.15) is 5.82 Å². The molecule has 1 aromatic carbocycles. The number of rotatable bonds is 3. The van der Waals surface area contributed by atoms with Crippen molar-refractivity contribution in [3.63, 3.8) is 0 Å². The maximum atomic E-state index is 13.6. The molecule has 1 aliphatic rings. The van der Waals surface area contributed by atoms with E-state index >= 15 is 0 Å². The van der Waals surface area contributed by atoms with E-state index in [4.69, 9.17) is 11.6 Å². The Morgan fingerprint density at radius 1 is 1.50 bits per heavy atom. The van der Waals surface area contributed by atoms with Crippen molar-refractivity contribution in [1.29, 1.82) is 0 Å². The summed E-state index contributed by atoms with van der Waals surface area (Å²) < 4.78 is 13.6. The fourth-order valence-electron chi connectivity index (χ4n) is 2.20. The minimum atomic E-state index is -0.268. The molecule has 2 rings (SSSR count). The molecule has 1 aromatic rings. The molecule has 0 aliphatic carbocycles. The van der Waals surface area contributed by atoms with Gasteiger partial charge in [0.15, 0.2) is 0 Å². The maximum absolute atomic E-state index is 13.6. The second kappa shape index (κ2) is 5.13. The fourth-order valence-corrected chi connectivity index (χ4v) is 2.42. The first kappa shape index (κ1) is 11.8. The number of benzene rings is 1. The van der Waals surface area contributed by atoms with E-state index in [1.165, 1.54) is 6.07 Å². The molecule has 88 valence electrons. The van der Waals surface area contributed by atoms with Gasteiger partial charge >= 0.3 is 0 Å². The van der Waals surface area contributed by atoms with Crippen LogP contribution in [0, 0.1) is 5.82 Å². The Balaban J connectivity index is 2.14. The lowest BCUT2D eigenvalue weighted by Crippen LogP contribution is -2.32. The van der Waals surface area contributed by atoms with Crippen LogP contribution in [0.1, 0.15) is 18.4 Å². The first-order valence-electron chi connectivity index (χ1n) is 5.50. The number of halogens is 2. The number of nitrogens with zero attached hydrogens (tertiary/aromatic N) is 1. The highest BCUT2D eigenvalue weighted by atomic mass is 35.5. The van der Waals surface area contributed by atoms with Gasteiger partial charge in [0.05, 0.1) is 6.61 Å². The quantitative estimate of drug-likeness (QED) is 0.882. The first-order valence-corrected chi connectivity index (χ1v) is 5.88. The summed E-state index contributed by atoms with van der Waals surface area (Å²) in [7, 11) is 0. The highest BCUT2D eigenvalue weighted by Crippen LogP contribution is 2.25. The van der Waals surface area contributed by atoms with E-state index in [0.717, 1.165) is 19.4 Å². The average Bonchev–Trinajstić information content (AvgIpc) is 2.71. The van der Waals surface area contributed by atoms with Crippen molar-refractivity contribution in [2.45, 2.75) is 25.4 Å². The summed E-state index contributed by atoms with van der Waals surface area (Å²) in [6, 6.07) is 4.87. The first-order chi connectivity index (χ1) is 7.72. The van der Waals surface area contributed by atoms with E-state index in [1.807, 2.05) is 0 Å². The Kier molecular flexibility index (Phi) is 3.79. The lowest BCUT2D eigenvalue weighted by molar-refractivity contribution is 0.152. The van der Waals surface area contributed by atoms with E-state index in [1.54, 1.807) is 12.1 Å². The predicted octanol–water partition coefficient (Wildman–Crippen LogP) is 2.44. The lowest BCUT2D eigenvalue weighted by atomic mass is 10.1. The third-order valence-corrected chi connectivity index (χ3v) is 3.49. The Labute approximate surface area is 99.6 Å². The van der Waals surface area contributed by atoms with Gasteiger partial charge in [0.2, 0.25) is 0 Å². The van der Waals surface area contributed by atoms with Gasteiger partial charge in [-0.15, -0.1) is 0 Å². The van der Waals surface area contributed by atoms with Gasteiger partial charge in [0, 0.05) is 23.2 Å². The number of hydrogen-bond donors (Lipinski definition) is 1. The van der Waals surface area contributed by atoms with E-state index < -0.39 is 0 Å². The fraction of sp³-hybridized carbons (Fsp3) is 0.500. The van der Waals surface area contributed by atoms with E-state index in [2.05, 4.69) is 4.90 Å². The standard InChI is InChI=1S/C12H15ClFNO/c13-11-4-1-5-12(14)10(11)7-15-6-2-3-9(15)8-16/h1,4-5,9,16H,2-3,6-8H2. The van der Waals surface area contributed by atoms with Gasteiger partial charge in [-0.2, -0.15) is 0 Å². The van der Waals surface area contributed by atoms with Crippen LogP contribution >= 0.6 is 11.6 Å². The molecular formula is C12H15ClFNO. The van der Waals surface area contributed by atoms with Crippen molar-refractivity contribution in [2.24, 2.45) is 0 Å². The molecule has 1 heterocycles. The van der Waals surface area contributed by atoms with Crippen LogP contribution in [0.25, 0.3) is 0 Å². The molecule has 4 heteroatoms. The smallest absolute Gasteiger partial charge is 0.129 e. The van der Waals surface area contributed by atoms with Gasteiger partial charge in [0.25, 0.3) is 0 Å². The Morgan fingerprint density at radius 2 is 2.31 bits per heavy atom. The molecule has 1 aliphatic heterocycles. The molecule has 0 bridgehead atoms. The van der Waals surface area contributed by atoms with Crippen molar-refractivity contribution in [3.05, 3.63) is 34.6 Å². The highest BCUT2D eigenvalue weighted by molar-refractivity contribution is 6.31. The van der Waals surface area contributed by atoms with Gasteiger partial charge in [-0.05, 0) is 31.5 Å². The van der Waals surface area contributed by atoms with Gasteiger partial charge in [-0.1, -0.05) is 17.7 Å². The third-order valence-electron chi connectivity index (χ3n) is 3.13. The van der Waals surface area contributed by atoms with Gasteiger partial charge in [-0.25, -0.2) is 4.39 Å². The summed E-state index contributed by atoms with van der Waals surface area (Å²) in [5.41, 5.74) is 0.532. The van der Waals surface area contributed by atoms with Gasteiger partial charge in [-0.3, -0.25) is 4.90 Å². The van der Waals surface area contributed by atoms with E-state index in [0.29, 0.717) is 17.1 Å². The monoisotopic (exact) mass is 243 g/mol. The summed E-state index contributed by atoms with van der Waals surface area (Å²) >= 11 is 5.97. The van der Waals surface area contributed by atoms with Gasteiger partial charge < -0.3 is 5.11 Å². The molecule has 1 saturated heterocycles. The number of aliphatic hydroxyl groups excluding tert-OH is 1. The molecule has 16 heavy (non-hydrogen) atoms. The van der Waals surface area contributed by atoms with E-state index in [-0.39, 0.29) is 18.5 Å². The van der Waals surface area contributed by atoms with Crippen LogP contribution in [0.2, 0.25) is 5.02 Å². The molecule has 0 radical (unpaired) electrons. The molecule has 1 fully saturated rings. The maximum Gasteiger partial charge on any atom is 0.129 e. The summed E-state index contributed by atoms with van der Waals surface area (Å²) in [5.74, 6) is -0.268. The Morgan fingerprint density at radius 3 is 3.00 bits per heavy atom. The zero-order valence-corrected chi connectivity index (χ0v) is 9.75. The van der Waals surface area contributed by atoms with Crippen LogP contribution in [-0.4, -0.2) is 29.2 Å². The van der Waals surface area contributed by atoms with Crippen LogP contribution in [-0.2, 0) is 6.54 Å².